The van der Waals surface area contributed by atoms with Crippen LogP contribution >= 0.6 is 11.6 Å². The van der Waals surface area contributed by atoms with Crippen LogP contribution in [0.5, 0.6) is 0 Å². The van der Waals surface area contributed by atoms with Crippen LogP contribution in [0.2, 0.25) is 5.02 Å². The molecule has 1 aromatic carbocycles. The lowest BCUT2D eigenvalue weighted by molar-refractivity contribution is 0.218. The van der Waals surface area contributed by atoms with E-state index in [0.717, 1.165) is 67.7 Å². The first kappa shape index (κ1) is 23.8. The summed E-state index contributed by atoms with van der Waals surface area (Å²) in [6.07, 6.45) is 2.27. The second-order valence-electron chi connectivity index (χ2n) is 9.55. The van der Waals surface area contributed by atoms with Crippen molar-refractivity contribution in [2.45, 2.75) is 45.3 Å². The maximum Gasteiger partial charge on any atom is 0.228 e. The highest BCUT2D eigenvalue weighted by Gasteiger charge is 2.29. The Bertz CT molecular complexity index is 1190. The Balaban J connectivity index is 1.41. The molecule has 5 rings (SSSR count). The summed E-state index contributed by atoms with van der Waals surface area (Å²) in [5, 5.41) is 0.637. The molecule has 9 heteroatoms. The normalized spacial score (nSPS) is 21.0. The van der Waals surface area contributed by atoms with E-state index in [1.165, 1.54) is 12.1 Å². The summed E-state index contributed by atoms with van der Waals surface area (Å²) in [7, 11) is 0. The fourth-order valence-electron chi connectivity index (χ4n) is 5.04. The SMILES string of the molecule is CC1CN(Cc2nc(N)ccc2Cl)CCN1c1cc(-c2ccc(F)cc2)nc(N2CCCC2C)n1. The summed E-state index contributed by atoms with van der Waals surface area (Å²) in [5.74, 6) is 1.88. The van der Waals surface area contributed by atoms with Gasteiger partial charge < -0.3 is 15.5 Å². The van der Waals surface area contributed by atoms with Crippen LogP contribution in [0.1, 0.15) is 32.4 Å². The first-order valence-electron chi connectivity index (χ1n) is 12.2. The molecule has 0 saturated carbocycles. The summed E-state index contributed by atoms with van der Waals surface area (Å²) in [4.78, 5) is 21.3. The van der Waals surface area contributed by atoms with Gasteiger partial charge in [-0.25, -0.2) is 14.4 Å². The van der Waals surface area contributed by atoms with Gasteiger partial charge in [-0.3, -0.25) is 4.90 Å². The minimum atomic E-state index is -0.254. The average Bonchev–Trinajstić information content (AvgIpc) is 3.27. The van der Waals surface area contributed by atoms with Crippen LogP contribution in [-0.4, -0.2) is 58.1 Å². The highest BCUT2D eigenvalue weighted by Crippen LogP contribution is 2.30. The number of benzene rings is 1. The Morgan fingerprint density at radius 2 is 1.77 bits per heavy atom. The number of nitrogens with zero attached hydrogens (tertiary/aromatic N) is 6. The molecule has 2 N–H and O–H groups in total. The molecule has 3 aromatic rings. The van der Waals surface area contributed by atoms with Crippen molar-refractivity contribution < 1.29 is 4.39 Å². The zero-order chi connectivity index (χ0) is 24.5. The molecule has 2 atom stereocenters. The number of nitrogen functional groups attached to an aromatic ring is 1. The van der Waals surface area contributed by atoms with Gasteiger partial charge in [0.2, 0.25) is 5.95 Å². The van der Waals surface area contributed by atoms with E-state index in [0.29, 0.717) is 23.4 Å². The van der Waals surface area contributed by atoms with E-state index in [1.54, 1.807) is 24.3 Å². The lowest BCUT2D eigenvalue weighted by Gasteiger charge is -2.41. The second-order valence-corrected chi connectivity index (χ2v) is 9.95. The largest absolute Gasteiger partial charge is 0.384 e. The fraction of sp³-hybridized carbons (Fsp3) is 0.423. The molecule has 2 fully saturated rings. The molecule has 2 aromatic heterocycles. The van der Waals surface area contributed by atoms with E-state index < -0.39 is 0 Å². The van der Waals surface area contributed by atoms with Gasteiger partial charge in [0.05, 0.1) is 16.4 Å². The minimum absolute atomic E-state index is 0.225. The molecule has 0 bridgehead atoms. The summed E-state index contributed by atoms with van der Waals surface area (Å²) >= 11 is 6.35. The molecule has 184 valence electrons. The Morgan fingerprint density at radius 1 is 0.971 bits per heavy atom. The van der Waals surface area contributed by atoms with Gasteiger partial charge in [0, 0.05) is 56.4 Å². The van der Waals surface area contributed by atoms with Crippen LogP contribution in [0.25, 0.3) is 11.3 Å². The van der Waals surface area contributed by atoms with Crippen LogP contribution < -0.4 is 15.5 Å². The van der Waals surface area contributed by atoms with Crippen LogP contribution in [-0.2, 0) is 6.54 Å². The Labute approximate surface area is 210 Å². The molecule has 2 aliphatic heterocycles. The third-order valence-electron chi connectivity index (χ3n) is 6.97. The molecule has 0 amide bonds. The standard InChI is InChI=1S/C26H31ClFN7/c1-17-4-3-11-35(17)26-31-22(19-5-7-20(28)8-6-19)14-25(32-26)34-13-12-33(15-18(34)2)16-23-21(27)9-10-24(29)30-23/h5-10,14,17-18H,3-4,11-13,15-16H2,1-2H3,(H2,29,30). The Hall–Kier alpha value is -2.97. The minimum Gasteiger partial charge on any atom is -0.384 e. The van der Waals surface area contributed by atoms with Gasteiger partial charge in [0.1, 0.15) is 17.5 Å². The van der Waals surface area contributed by atoms with Gasteiger partial charge in [-0.15, -0.1) is 0 Å². The monoisotopic (exact) mass is 495 g/mol. The van der Waals surface area contributed by atoms with Crippen molar-refractivity contribution in [3.05, 3.63) is 59.0 Å². The molecule has 0 radical (unpaired) electrons. The number of piperazine rings is 1. The number of aromatic nitrogens is 3. The van der Waals surface area contributed by atoms with E-state index in [1.807, 2.05) is 6.07 Å². The predicted octanol–water partition coefficient (Wildman–Crippen LogP) is 4.61. The van der Waals surface area contributed by atoms with E-state index in [2.05, 4.69) is 33.5 Å². The molecule has 2 saturated heterocycles. The van der Waals surface area contributed by atoms with Crippen LogP contribution in [0.4, 0.5) is 22.0 Å². The number of anilines is 3. The van der Waals surface area contributed by atoms with E-state index in [-0.39, 0.29) is 11.9 Å². The van der Waals surface area contributed by atoms with Crippen molar-refractivity contribution in [1.29, 1.82) is 0 Å². The van der Waals surface area contributed by atoms with Crippen LogP contribution in [0.15, 0.2) is 42.5 Å². The molecule has 0 aliphatic carbocycles. The van der Waals surface area contributed by atoms with Gasteiger partial charge in [0.25, 0.3) is 0 Å². The number of halogens is 2. The molecule has 2 unspecified atom stereocenters. The molecule has 0 spiro atoms. The molecule has 2 aliphatic rings. The van der Waals surface area contributed by atoms with Gasteiger partial charge in [0.15, 0.2) is 0 Å². The van der Waals surface area contributed by atoms with E-state index in [4.69, 9.17) is 27.3 Å². The lowest BCUT2D eigenvalue weighted by atomic mass is 10.1. The van der Waals surface area contributed by atoms with Gasteiger partial charge in [-0.05, 0) is 63.1 Å². The predicted molar refractivity (Wildman–Crippen MR) is 139 cm³/mol. The van der Waals surface area contributed by atoms with Gasteiger partial charge >= 0.3 is 0 Å². The smallest absolute Gasteiger partial charge is 0.228 e. The quantitative estimate of drug-likeness (QED) is 0.553. The average molecular weight is 496 g/mol. The first-order chi connectivity index (χ1) is 16.9. The van der Waals surface area contributed by atoms with Crippen molar-refractivity contribution in [3.8, 4) is 11.3 Å². The summed E-state index contributed by atoms with van der Waals surface area (Å²) in [6.45, 7) is 8.54. The van der Waals surface area contributed by atoms with Crippen molar-refractivity contribution in [3.63, 3.8) is 0 Å². The van der Waals surface area contributed by atoms with Crippen molar-refractivity contribution in [2.24, 2.45) is 0 Å². The number of rotatable bonds is 5. The molecule has 7 nitrogen and oxygen atoms in total. The van der Waals surface area contributed by atoms with E-state index >= 15 is 0 Å². The zero-order valence-electron chi connectivity index (χ0n) is 20.2. The topological polar surface area (TPSA) is 74.4 Å². The Morgan fingerprint density at radius 3 is 2.49 bits per heavy atom. The highest BCUT2D eigenvalue weighted by atomic mass is 35.5. The molecular formula is C26H31ClFN7. The summed E-state index contributed by atoms with van der Waals surface area (Å²) < 4.78 is 13.6. The van der Waals surface area contributed by atoms with E-state index in [9.17, 15) is 4.39 Å². The Kier molecular flexibility index (Phi) is 6.75. The van der Waals surface area contributed by atoms with Crippen LogP contribution in [0.3, 0.4) is 0 Å². The second kappa shape index (κ2) is 9.95. The van der Waals surface area contributed by atoms with Crippen molar-refractivity contribution in [2.75, 3.05) is 41.7 Å². The van der Waals surface area contributed by atoms with Crippen LogP contribution in [0, 0.1) is 5.82 Å². The first-order valence-corrected chi connectivity index (χ1v) is 12.6. The molecule has 35 heavy (non-hydrogen) atoms. The number of hydrogen-bond acceptors (Lipinski definition) is 7. The van der Waals surface area contributed by atoms with Crippen molar-refractivity contribution >= 4 is 29.2 Å². The third-order valence-corrected chi connectivity index (χ3v) is 7.31. The highest BCUT2D eigenvalue weighted by molar-refractivity contribution is 6.31. The lowest BCUT2D eigenvalue weighted by Crippen LogP contribution is -2.52. The van der Waals surface area contributed by atoms with Gasteiger partial charge in [-0.1, -0.05) is 11.6 Å². The van der Waals surface area contributed by atoms with Crippen molar-refractivity contribution in [1.82, 2.24) is 19.9 Å². The third kappa shape index (κ3) is 5.18. The zero-order valence-corrected chi connectivity index (χ0v) is 20.9. The summed E-state index contributed by atoms with van der Waals surface area (Å²) in [5.41, 5.74) is 8.37. The maximum absolute atomic E-state index is 13.6. The number of nitrogens with two attached hydrogens (primary N) is 1. The molecule has 4 heterocycles. The number of pyridine rings is 1. The maximum atomic E-state index is 13.6. The number of hydrogen-bond donors (Lipinski definition) is 1. The molecular weight excluding hydrogens is 465 g/mol. The van der Waals surface area contributed by atoms with Gasteiger partial charge in [-0.2, -0.15) is 4.98 Å². The fourth-order valence-corrected chi connectivity index (χ4v) is 5.20. The summed E-state index contributed by atoms with van der Waals surface area (Å²) in [6, 6.07) is 12.7.